The summed E-state index contributed by atoms with van der Waals surface area (Å²) in [6.07, 6.45) is 5.20. The summed E-state index contributed by atoms with van der Waals surface area (Å²) < 4.78 is 5.69. The molecular weight excluding hydrogens is 202 g/mol. The Morgan fingerprint density at radius 3 is 3.06 bits per heavy atom. The van der Waals surface area contributed by atoms with Gasteiger partial charge in [-0.15, -0.1) is 5.10 Å². The van der Waals surface area contributed by atoms with Gasteiger partial charge in [0.15, 0.2) is 0 Å². The molecular formula is C12H21N3O. The zero-order valence-corrected chi connectivity index (χ0v) is 10.1. The number of aromatic amines is 1. The van der Waals surface area contributed by atoms with E-state index in [9.17, 15) is 0 Å². The van der Waals surface area contributed by atoms with Gasteiger partial charge in [-0.25, -0.2) is 0 Å². The van der Waals surface area contributed by atoms with Crippen LogP contribution in [0.5, 0.6) is 5.88 Å². The fourth-order valence-electron chi connectivity index (χ4n) is 1.70. The van der Waals surface area contributed by atoms with E-state index in [1.165, 1.54) is 19.3 Å². The average Bonchev–Trinajstić information content (AvgIpc) is 2.98. The molecule has 4 heteroatoms. The molecule has 0 radical (unpaired) electrons. The van der Waals surface area contributed by atoms with E-state index >= 15 is 0 Å². The van der Waals surface area contributed by atoms with Gasteiger partial charge >= 0.3 is 0 Å². The zero-order valence-electron chi connectivity index (χ0n) is 10.1. The molecule has 2 rings (SSSR count). The SMILES string of the molecule is Cc1cc(OC(C)CCCNC2CC2)n[nH]1. The van der Waals surface area contributed by atoms with Crippen molar-refractivity contribution in [3.8, 4) is 5.88 Å². The summed E-state index contributed by atoms with van der Waals surface area (Å²) in [5.74, 6) is 0.708. The molecule has 1 aromatic heterocycles. The molecule has 0 aromatic carbocycles. The minimum atomic E-state index is 0.240. The van der Waals surface area contributed by atoms with E-state index in [0.29, 0.717) is 5.88 Å². The first-order chi connectivity index (χ1) is 7.74. The minimum Gasteiger partial charge on any atom is -0.474 e. The molecule has 90 valence electrons. The van der Waals surface area contributed by atoms with Gasteiger partial charge < -0.3 is 10.1 Å². The third-order valence-electron chi connectivity index (χ3n) is 2.80. The number of aromatic nitrogens is 2. The van der Waals surface area contributed by atoms with Crippen LogP contribution in [-0.2, 0) is 0 Å². The van der Waals surface area contributed by atoms with Crippen molar-refractivity contribution in [2.75, 3.05) is 6.54 Å². The van der Waals surface area contributed by atoms with E-state index in [-0.39, 0.29) is 6.10 Å². The van der Waals surface area contributed by atoms with Crippen LogP contribution < -0.4 is 10.1 Å². The van der Waals surface area contributed by atoms with E-state index in [0.717, 1.165) is 24.7 Å². The van der Waals surface area contributed by atoms with Crippen LogP contribution in [0.1, 0.15) is 38.3 Å². The van der Waals surface area contributed by atoms with Crippen LogP contribution in [0.2, 0.25) is 0 Å². The number of aryl methyl sites for hydroxylation is 1. The highest BCUT2D eigenvalue weighted by atomic mass is 16.5. The molecule has 0 aliphatic heterocycles. The van der Waals surface area contributed by atoms with Crippen molar-refractivity contribution in [1.29, 1.82) is 0 Å². The van der Waals surface area contributed by atoms with E-state index in [1.54, 1.807) is 0 Å². The summed E-state index contributed by atoms with van der Waals surface area (Å²) in [4.78, 5) is 0. The maximum atomic E-state index is 5.69. The van der Waals surface area contributed by atoms with Gasteiger partial charge in [0.2, 0.25) is 5.88 Å². The van der Waals surface area contributed by atoms with Crippen molar-refractivity contribution in [2.45, 2.75) is 51.7 Å². The number of hydrogen-bond donors (Lipinski definition) is 2. The second-order valence-corrected chi connectivity index (χ2v) is 4.69. The molecule has 1 saturated carbocycles. The quantitative estimate of drug-likeness (QED) is 0.695. The summed E-state index contributed by atoms with van der Waals surface area (Å²) in [7, 11) is 0. The molecule has 2 N–H and O–H groups in total. The minimum absolute atomic E-state index is 0.240. The first kappa shape index (κ1) is 11.5. The second kappa shape index (κ2) is 5.34. The number of rotatable bonds is 7. The highest BCUT2D eigenvalue weighted by Gasteiger charge is 2.19. The second-order valence-electron chi connectivity index (χ2n) is 4.69. The molecule has 0 amide bonds. The fraction of sp³-hybridized carbons (Fsp3) is 0.750. The summed E-state index contributed by atoms with van der Waals surface area (Å²) in [6.45, 7) is 5.18. The zero-order chi connectivity index (χ0) is 11.4. The molecule has 0 spiro atoms. The monoisotopic (exact) mass is 223 g/mol. The summed E-state index contributed by atoms with van der Waals surface area (Å²) in [6, 6.07) is 2.74. The predicted octanol–water partition coefficient (Wildman–Crippen LogP) is 2.02. The summed E-state index contributed by atoms with van der Waals surface area (Å²) in [5, 5.41) is 10.4. The normalized spacial score (nSPS) is 17.4. The van der Waals surface area contributed by atoms with Gasteiger partial charge in [0.05, 0.1) is 6.10 Å². The number of H-pyrrole nitrogens is 1. The van der Waals surface area contributed by atoms with Gasteiger partial charge in [-0.1, -0.05) is 0 Å². The molecule has 1 atom stereocenters. The standard InChI is InChI=1S/C12H21N3O/c1-9-8-12(15-14-9)16-10(2)4-3-7-13-11-5-6-11/h8,10-11,13H,3-7H2,1-2H3,(H,14,15). The lowest BCUT2D eigenvalue weighted by atomic mass is 10.2. The third kappa shape index (κ3) is 3.85. The molecule has 1 aliphatic carbocycles. The Balaban J connectivity index is 1.57. The van der Waals surface area contributed by atoms with Crippen molar-refractivity contribution in [3.05, 3.63) is 11.8 Å². The van der Waals surface area contributed by atoms with Gasteiger partial charge in [0.1, 0.15) is 0 Å². The van der Waals surface area contributed by atoms with Crippen LogP contribution in [0.25, 0.3) is 0 Å². The van der Waals surface area contributed by atoms with Crippen LogP contribution >= 0.6 is 0 Å². The smallest absolute Gasteiger partial charge is 0.232 e. The Morgan fingerprint density at radius 1 is 1.62 bits per heavy atom. The Hall–Kier alpha value is -1.03. The molecule has 16 heavy (non-hydrogen) atoms. The van der Waals surface area contributed by atoms with Crippen LogP contribution in [0.15, 0.2) is 6.07 Å². The molecule has 1 aromatic rings. The summed E-state index contributed by atoms with van der Waals surface area (Å²) >= 11 is 0. The van der Waals surface area contributed by atoms with Crippen molar-refractivity contribution in [2.24, 2.45) is 0 Å². The van der Waals surface area contributed by atoms with Crippen molar-refractivity contribution in [3.63, 3.8) is 0 Å². The first-order valence-corrected chi connectivity index (χ1v) is 6.16. The molecule has 4 nitrogen and oxygen atoms in total. The van der Waals surface area contributed by atoms with Gasteiger partial charge in [0.25, 0.3) is 0 Å². The van der Waals surface area contributed by atoms with Crippen LogP contribution in [0.4, 0.5) is 0 Å². The molecule has 1 heterocycles. The highest BCUT2D eigenvalue weighted by Crippen LogP contribution is 2.18. The van der Waals surface area contributed by atoms with Crippen LogP contribution in [0.3, 0.4) is 0 Å². The highest BCUT2D eigenvalue weighted by molar-refractivity contribution is 5.12. The molecule has 1 fully saturated rings. The number of nitrogens with one attached hydrogen (secondary N) is 2. The van der Waals surface area contributed by atoms with Crippen molar-refractivity contribution < 1.29 is 4.74 Å². The van der Waals surface area contributed by atoms with Crippen LogP contribution in [0, 0.1) is 6.92 Å². The van der Waals surface area contributed by atoms with Gasteiger partial charge in [-0.3, -0.25) is 5.10 Å². The van der Waals surface area contributed by atoms with Gasteiger partial charge in [-0.05, 0) is 46.1 Å². The molecule has 0 saturated heterocycles. The van der Waals surface area contributed by atoms with E-state index in [4.69, 9.17) is 4.74 Å². The maximum absolute atomic E-state index is 5.69. The van der Waals surface area contributed by atoms with E-state index in [1.807, 2.05) is 13.0 Å². The lowest BCUT2D eigenvalue weighted by Crippen LogP contribution is -2.20. The average molecular weight is 223 g/mol. The predicted molar refractivity (Wildman–Crippen MR) is 63.7 cm³/mol. The molecule has 1 unspecified atom stereocenters. The Labute approximate surface area is 96.8 Å². The topological polar surface area (TPSA) is 49.9 Å². The van der Waals surface area contributed by atoms with E-state index < -0.39 is 0 Å². The maximum Gasteiger partial charge on any atom is 0.232 e. The van der Waals surface area contributed by atoms with Crippen molar-refractivity contribution in [1.82, 2.24) is 15.5 Å². The summed E-state index contributed by atoms with van der Waals surface area (Å²) in [5.41, 5.74) is 1.04. The molecule has 0 bridgehead atoms. The number of nitrogens with zero attached hydrogens (tertiary/aromatic N) is 1. The Morgan fingerprint density at radius 2 is 2.44 bits per heavy atom. The van der Waals surface area contributed by atoms with Gasteiger partial charge in [-0.2, -0.15) is 0 Å². The largest absolute Gasteiger partial charge is 0.474 e. The Bertz CT molecular complexity index is 320. The number of hydrogen-bond acceptors (Lipinski definition) is 3. The lowest BCUT2D eigenvalue weighted by molar-refractivity contribution is 0.199. The van der Waals surface area contributed by atoms with Gasteiger partial charge in [0, 0.05) is 17.8 Å². The number of ether oxygens (including phenoxy) is 1. The third-order valence-corrected chi connectivity index (χ3v) is 2.80. The Kier molecular flexibility index (Phi) is 3.83. The molecule has 1 aliphatic rings. The first-order valence-electron chi connectivity index (χ1n) is 6.16. The fourth-order valence-corrected chi connectivity index (χ4v) is 1.70. The van der Waals surface area contributed by atoms with Crippen molar-refractivity contribution >= 4 is 0 Å². The van der Waals surface area contributed by atoms with E-state index in [2.05, 4.69) is 22.4 Å². The van der Waals surface area contributed by atoms with Crippen LogP contribution in [-0.4, -0.2) is 28.9 Å². The lowest BCUT2D eigenvalue weighted by Gasteiger charge is -2.12.